The molecule has 0 bridgehead atoms. The molecule has 9 heteroatoms. The van der Waals surface area contributed by atoms with Gasteiger partial charge in [0.1, 0.15) is 0 Å². The van der Waals surface area contributed by atoms with E-state index >= 15 is 0 Å². The van der Waals surface area contributed by atoms with Crippen LogP contribution in [0.5, 0.6) is 0 Å². The van der Waals surface area contributed by atoms with Crippen LogP contribution in [-0.4, -0.2) is 39.4 Å². The molecule has 4 aromatic rings. The Balaban J connectivity index is 1.44. The highest BCUT2D eigenvalue weighted by Gasteiger charge is 2.52. The van der Waals surface area contributed by atoms with Crippen molar-refractivity contribution in [1.82, 2.24) is 10.6 Å². The lowest BCUT2D eigenvalue weighted by atomic mass is 9.91. The molecule has 2 aliphatic carbocycles. The summed E-state index contributed by atoms with van der Waals surface area (Å²) < 4.78 is 14.0. The van der Waals surface area contributed by atoms with E-state index in [-0.39, 0.29) is 19.4 Å². The molecular weight excluding hydrogens is 599 g/mol. The van der Waals surface area contributed by atoms with E-state index in [2.05, 4.69) is 10.6 Å². The number of aliphatic carboxylic acids is 1. The van der Waals surface area contributed by atoms with E-state index < -0.39 is 30.8 Å². The van der Waals surface area contributed by atoms with Crippen LogP contribution in [0, 0.1) is 0 Å². The minimum absolute atomic E-state index is 0.111. The van der Waals surface area contributed by atoms with Crippen molar-refractivity contribution in [2.75, 3.05) is 6.54 Å². The van der Waals surface area contributed by atoms with E-state index in [1.165, 1.54) is 11.1 Å². The van der Waals surface area contributed by atoms with Gasteiger partial charge in [-0.15, -0.1) is 0 Å². The van der Waals surface area contributed by atoms with Crippen LogP contribution in [0.25, 0.3) is 11.1 Å². The van der Waals surface area contributed by atoms with Crippen LogP contribution < -0.4 is 10.6 Å². The predicted molar refractivity (Wildman–Crippen MR) is 178 cm³/mol. The summed E-state index contributed by atoms with van der Waals surface area (Å²) in [6.45, 7) is -0.111. The minimum atomic E-state index is -5.07. The van der Waals surface area contributed by atoms with E-state index in [4.69, 9.17) is 0 Å². The summed E-state index contributed by atoms with van der Waals surface area (Å²) in [6.07, 6.45) is 5.25. The first-order valence-electron chi connectivity index (χ1n) is 15.9. The van der Waals surface area contributed by atoms with Gasteiger partial charge in [0.2, 0.25) is 5.91 Å². The number of aryl methyl sites for hydroxylation is 4. The lowest BCUT2D eigenvalue weighted by molar-refractivity contribution is -0.137. The van der Waals surface area contributed by atoms with E-state index in [9.17, 15) is 29.0 Å². The van der Waals surface area contributed by atoms with Crippen molar-refractivity contribution in [3.63, 3.8) is 0 Å². The van der Waals surface area contributed by atoms with Crippen molar-refractivity contribution in [1.29, 1.82) is 0 Å². The monoisotopic (exact) mass is 638 g/mol. The molecule has 0 aromatic heterocycles. The van der Waals surface area contributed by atoms with Crippen LogP contribution in [0.15, 0.2) is 91.0 Å². The smallest absolute Gasteiger partial charge is 0.354 e. The van der Waals surface area contributed by atoms with Gasteiger partial charge in [-0.3, -0.25) is 19.5 Å². The number of nitrogens with one attached hydrogen (secondary N) is 2. The number of carbonyl (C=O) groups is 2. The lowest BCUT2D eigenvalue weighted by Gasteiger charge is -2.39. The number of carbonyl (C=O) groups excluding carboxylic acids is 1. The fraction of sp³-hybridized carbons (Fsp3) is 0.297. The van der Waals surface area contributed by atoms with Crippen LogP contribution in [0.4, 0.5) is 0 Å². The molecule has 4 aromatic carbocycles. The Morgan fingerprint density at radius 3 is 1.83 bits per heavy atom. The Kier molecular flexibility index (Phi) is 9.25. The lowest BCUT2D eigenvalue weighted by Crippen LogP contribution is -2.55. The van der Waals surface area contributed by atoms with Crippen molar-refractivity contribution >= 4 is 19.5 Å². The van der Waals surface area contributed by atoms with Crippen LogP contribution >= 0.6 is 7.60 Å². The first-order chi connectivity index (χ1) is 22.1. The van der Waals surface area contributed by atoms with Crippen LogP contribution in [0.2, 0.25) is 0 Å². The summed E-state index contributed by atoms with van der Waals surface area (Å²) in [5.74, 6) is -1.59. The average Bonchev–Trinajstić information content (AvgIpc) is 3.72. The molecule has 0 fully saturated rings. The second-order valence-corrected chi connectivity index (χ2v) is 14.1. The summed E-state index contributed by atoms with van der Waals surface area (Å²) in [7, 11) is -5.07. The SMILES string of the molecule is O=C(O)CCNC(=O)[C@H](Cc1ccc(-c2ccccc2)cc1)NC(c1ccc2c(c1)CCC2)(c1ccc2c(c1)CCC2)P(=O)(O)O. The average molecular weight is 639 g/mol. The first-order valence-corrected chi connectivity index (χ1v) is 17.5. The van der Waals surface area contributed by atoms with Gasteiger partial charge in [-0.05, 0) is 95.0 Å². The Hall–Kier alpha value is -4.07. The quantitative estimate of drug-likeness (QED) is 0.129. The molecule has 46 heavy (non-hydrogen) atoms. The zero-order chi connectivity index (χ0) is 32.3. The maximum absolute atomic E-state index is 14.0. The number of carboxylic acid groups (broad SMARTS) is 1. The first kappa shape index (κ1) is 31.9. The maximum atomic E-state index is 14.0. The summed E-state index contributed by atoms with van der Waals surface area (Å²) >= 11 is 0. The Morgan fingerprint density at radius 1 is 0.739 bits per heavy atom. The molecule has 1 atom stereocenters. The zero-order valence-electron chi connectivity index (χ0n) is 25.6. The van der Waals surface area contributed by atoms with Crippen molar-refractivity contribution in [2.24, 2.45) is 0 Å². The van der Waals surface area contributed by atoms with Crippen molar-refractivity contribution in [2.45, 2.75) is 62.7 Å². The van der Waals surface area contributed by atoms with Gasteiger partial charge >= 0.3 is 13.6 Å². The molecule has 0 spiro atoms. The standard InChI is InChI=1S/C37H39N2O6P/c40-35(41)20-21-38-36(42)34(22-25-12-14-29(15-13-25)26-6-2-1-3-7-26)39-37(46(43,44)45,32-18-16-27-8-4-10-30(27)23-32)33-19-17-28-9-5-11-31(28)24-33/h1-3,6-7,12-19,23-24,34,39H,4-5,8-11,20-22H2,(H,38,42)(H,40,41)(H2,43,44,45)/t34-/m0/s1. The topological polar surface area (TPSA) is 136 Å². The maximum Gasteiger partial charge on any atom is 0.354 e. The minimum Gasteiger partial charge on any atom is -0.481 e. The van der Waals surface area contributed by atoms with Gasteiger partial charge in [-0.25, -0.2) is 0 Å². The molecule has 5 N–H and O–H groups in total. The third-order valence-electron chi connectivity index (χ3n) is 9.31. The van der Waals surface area contributed by atoms with Gasteiger partial charge < -0.3 is 20.2 Å². The van der Waals surface area contributed by atoms with Gasteiger partial charge in [-0.1, -0.05) is 91.0 Å². The second kappa shape index (κ2) is 13.3. The van der Waals surface area contributed by atoms with Crippen molar-refractivity contribution < 1.29 is 29.0 Å². The zero-order valence-corrected chi connectivity index (χ0v) is 26.5. The van der Waals surface area contributed by atoms with E-state index in [1.807, 2.05) is 78.9 Å². The number of fused-ring (bicyclic) bond motifs is 2. The van der Waals surface area contributed by atoms with Gasteiger partial charge in [0, 0.05) is 6.54 Å². The molecule has 1 amide bonds. The molecule has 0 radical (unpaired) electrons. The number of hydrogen-bond acceptors (Lipinski definition) is 4. The molecular formula is C37H39N2O6P. The number of benzene rings is 4. The Morgan fingerprint density at radius 2 is 1.28 bits per heavy atom. The largest absolute Gasteiger partial charge is 0.481 e. The highest BCUT2D eigenvalue weighted by molar-refractivity contribution is 7.53. The van der Waals surface area contributed by atoms with Gasteiger partial charge in [0.15, 0.2) is 5.28 Å². The highest BCUT2D eigenvalue weighted by atomic mass is 31.2. The molecule has 2 aliphatic rings. The summed E-state index contributed by atoms with van der Waals surface area (Å²) in [5, 5.41) is 13.1. The highest BCUT2D eigenvalue weighted by Crippen LogP contribution is 2.60. The van der Waals surface area contributed by atoms with Gasteiger partial charge in [-0.2, -0.15) is 0 Å². The molecule has 0 unspecified atom stereocenters. The molecule has 238 valence electrons. The van der Waals surface area contributed by atoms with Gasteiger partial charge in [0.05, 0.1) is 12.5 Å². The van der Waals surface area contributed by atoms with Crippen LogP contribution in [-0.2, 0) is 51.5 Å². The molecule has 0 saturated heterocycles. The normalized spacial score (nSPS) is 14.8. The Bertz CT molecular complexity index is 1730. The summed E-state index contributed by atoms with van der Waals surface area (Å²) in [6, 6.07) is 27.7. The third kappa shape index (κ3) is 6.58. The van der Waals surface area contributed by atoms with Gasteiger partial charge in [0.25, 0.3) is 0 Å². The third-order valence-corrected chi connectivity index (χ3v) is 10.8. The van der Waals surface area contributed by atoms with E-state index in [0.717, 1.165) is 66.3 Å². The number of rotatable bonds is 12. The summed E-state index contributed by atoms with van der Waals surface area (Å²) in [5.41, 5.74) is 8.08. The molecule has 0 aliphatic heterocycles. The van der Waals surface area contributed by atoms with E-state index in [0.29, 0.717) is 11.1 Å². The number of carboxylic acids is 1. The molecule has 6 rings (SSSR count). The molecule has 8 nitrogen and oxygen atoms in total. The van der Waals surface area contributed by atoms with Crippen molar-refractivity contribution in [3.8, 4) is 11.1 Å². The number of amides is 1. The fourth-order valence-corrected chi connectivity index (χ4v) is 8.20. The Labute approximate surface area is 269 Å². The second-order valence-electron chi connectivity index (χ2n) is 12.3. The summed E-state index contributed by atoms with van der Waals surface area (Å²) in [4.78, 5) is 47.8. The predicted octanol–water partition coefficient (Wildman–Crippen LogP) is 5.50. The van der Waals surface area contributed by atoms with Crippen LogP contribution in [0.1, 0.15) is 58.2 Å². The van der Waals surface area contributed by atoms with Crippen LogP contribution in [0.3, 0.4) is 0 Å². The molecule has 0 saturated carbocycles. The number of hydrogen-bond donors (Lipinski definition) is 5. The van der Waals surface area contributed by atoms with E-state index in [1.54, 1.807) is 12.1 Å². The van der Waals surface area contributed by atoms with Crippen molar-refractivity contribution in [3.05, 3.63) is 130 Å². The fourth-order valence-electron chi connectivity index (χ4n) is 6.92. The molecule has 0 heterocycles.